The molecule has 0 aliphatic heterocycles. The molecule has 4 aromatic rings. The van der Waals surface area contributed by atoms with Crippen LogP contribution in [0, 0.1) is 5.82 Å². The summed E-state index contributed by atoms with van der Waals surface area (Å²) >= 11 is 1.21. The number of amides is 1. The van der Waals surface area contributed by atoms with Gasteiger partial charge in [-0.15, -0.1) is 0 Å². The Hall–Kier alpha value is -3.45. The van der Waals surface area contributed by atoms with Crippen LogP contribution in [0.1, 0.15) is 21.7 Å². The summed E-state index contributed by atoms with van der Waals surface area (Å²) in [5.41, 5.74) is 2.77. The van der Waals surface area contributed by atoms with Gasteiger partial charge in [0.2, 0.25) is 0 Å². The lowest BCUT2D eigenvalue weighted by atomic mass is 10.2. The van der Waals surface area contributed by atoms with Crippen LogP contribution in [0.25, 0.3) is 23.1 Å². The number of carbonyl (C=O) groups is 1. The molecule has 0 saturated carbocycles. The minimum atomic E-state index is -0.431. The zero-order valence-electron chi connectivity index (χ0n) is 15.5. The van der Waals surface area contributed by atoms with Crippen LogP contribution in [0.5, 0.6) is 0 Å². The zero-order valence-corrected chi connectivity index (χ0v) is 16.3. The molecule has 0 aliphatic rings. The first kappa shape index (κ1) is 18.9. The fourth-order valence-electron chi connectivity index (χ4n) is 2.89. The molecule has 0 fully saturated rings. The van der Waals surface area contributed by atoms with Crippen LogP contribution in [0.4, 0.5) is 4.39 Å². The number of halogens is 1. The molecule has 2 heterocycles. The Balaban J connectivity index is 1.63. The van der Waals surface area contributed by atoms with E-state index in [1.54, 1.807) is 12.3 Å². The summed E-state index contributed by atoms with van der Waals surface area (Å²) in [4.78, 5) is 17.4. The lowest BCUT2D eigenvalue weighted by Crippen LogP contribution is -2.19. The van der Waals surface area contributed by atoms with Gasteiger partial charge in [0.1, 0.15) is 5.82 Å². The number of nitrogens with zero attached hydrogens (tertiary/aromatic N) is 2. The second-order valence-corrected chi connectivity index (χ2v) is 7.29. The topological polar surface area (TPSA) is 70.7 Å². The number of pyridine rings is 1. The highest BCUT2D eigenvalue weighted by Crippen LogP contribution is 2.34. The number of carbonyl (C=O) groups excluding carboxylic acids is 1. The molecule has 0 spiro atoms. The minimum Gasteiger partial charge on any atom is -0.355 e. The summed E-state index contributed by atoms with van der Waals surface area (Å²) < 4.78 is 14.4. The van der Waals surface area contributed by atoms with E-state index in [1.807, 2.05) is 48.6 Å². The molecule has 0 radical (unpaired) electrons. The van der Waals surface area contributed by atoms with Gasteiger partial charge in [0.05, 0.1) is 27.4 Å². The normalized spacial score (nSPS) is 11.2. The van der Waals surface area contributed by atoms with Crippen molar-refractivity contribution < 1.29 is 9.18 Å². The summed E-state index contributed by atoms with van der Waals surface area (Å²) in [5.74, 6) is -0.753. The van der Waals surface area contributed by atoms with Crippen molar-refractivity contribution >= 4 is 40.7 Å². The number of nitrogens with one attached hydrogen (secondary N) is 2. The average Bonchev–Trinajstić information content (AvgIpc) is 3.16. The number of benzene rings is 2. The number of fused-ring (bicyclic) bond motifs is 1. The van der Waals surface area contributed by atoms with Crippen molar-refractivity contribution in [1.29, 1.82) is 0 Å². The van der Waals surface area contributed by atoms with Crippen LogP contribution < -0.4 is 5.32 Å². The van der Waals surface area contributed by atoms with Crippen molar-refractivity contribution in [1.82, 2.24) is 20.5 Å². The Kier molecular flexibility index (Phi) is 5.39. The molecule has 0 saturated heterocycles. The predicted molar refractivity (Wildman–Crippen MR) is 113 cm³/mol. The highest BCUT2D eigenvalue weighted by atomic mass is 32.2. The van der Waals surface area contributed by atoms with Gasteiger partial charge in [-0.1, -0.05) is 23.9 Å². The van der Waals surface area contributed by atoms with Gasteiger partial charge in [0.25, 0.3) is 5.91 Å². The van der Waals surface area contributed by atoms with Gasteiger partial charge in [0.15, 0.2) is 0 Å². The van der Waals surface area contributed by atoms with E-state index in [9.17, 15) is 9.18 Å². The highest BCUT2D eigenvalue weighted by Gasteiger charge is 2.16. The molecule has 7 heteroatoms. The van der Waals surface area contributed by atoms with Gasteiger partial charge < -0.3 is 5.32 Å². The van der Waals surface area contributed by atoms with Crippen LogP contribution in [0.15, 0.2) is 70.6 Å². The lowest BCUT2D eigenvalue weighted by Gasteiger charge is -2.09. The third kappa shape index (κ3) is 4.05. The van der Waals surface area contributed by atoms with Gasteiger partial charge in [-0.05, 0) is 54.6 Å². The zero-order chi connectivity index (χ0) is 20.2. The Bertz CT molecular complexity index is 1200. The Morgan fingerprint density at radius 2 is 2.03 bits per heavy atom. The first-order chi connectivity index (χ1) is 14.2. The first-order valence-corrected chi connectivity index (χ1v) is 9.73. The number of aromatic amines is 1. The lowest BCUT2D eigenvalue weighted by molar-refractivity contribution is 0.0959. The van der Waals surface area contributed by atoms with E-state index in [0.29, 0.717) is 10.5 Å². The van der Waals surface area contributed by atoms with Crippen LogP contribution in [0.2, 0.25) is 0 Å². The maximum Gasteiger partial charge on any atom is 0.252 e. The SMILES string of the molecule is CNC(=O)c1cccc(F)c1Sc1ccc2c(C=Cc3ccccn3)n[nH]c2c1. The van der Waals surface area contributed by atoms with E-state index in [2.05, 4.69) is 20.5 Å². The van der Waals surface area contributed by atoms with Crippen molar-refractivity contribution in [2.75, 3.05) is 7.05 Å². The largest absolute Gasteiger partial charge is 0.355 e. The van der Waals surface area contributed by atoms with Gasteiger partial charge in [-0.25, -0.2) is 4.39 Å². The Morgan fingerprint density at radius 3 is 2.83 bits per heavy atom. The number of rotatable bonds is 5. The van der Waals surface area contributed by atoms with Gasteiger partial charge >= 0.3 is 0 Å². The fourth-order valence-corrected chi connectivity index (χ4v) is 3.88. The first-order valence-electron chi connectivity index (χ1n) is 8.91. The van der Waals surface area contributed by atoms with E-state index >= 15 is 0 Å². The number of aromatic nitrogens is 3. The van der Waals surface area contributed by atoms with Crippen molar-refractivity contribution in [2.24, 2.45) is 0 Å². The van der Waals surface area contributed by atoms with Crippen molar-refractivity contribution in [2.45, 2.75) is 9.79 Å². The summed E-state index contributed by atoms with van der Waals surface area (Å²) in [7, 11) is 1.53. The quantitative estimate of drug-likeness (QED) is 0.502. The maximum atomic E-state index is 14.4. The molecule has 144 valence electrons. The molecule has 29 heavy (non-hydrogen) atoms. The average molecular weight is 404 g/mol. The van der Waals surface area contributed by atoms with Crippen molar-refractivity contribution in [3.63, 3.8) is 0 Å². The number of H-pyrrole nitrogens is 1. The third-order valence-corrected chi connectivity index (χ3v) is 5.43. The highest BCUT2D eigenvalue weighted by molar-refractivity contribution is 7.99. The molecule has 1 amide bonds. The molecule has 0 atom stereocenters. The molecular formula is C22H17FN4OS. The van der Waals surface area contributed by atoms with Gasteiger partial charge in [-0.3, -0.25) is 14.9 Å². The molecule has 2 aromatic carbocycles. The molecular weight excluding hydrogens is 387 g/mol. The smallest absolute Gasteiger partial charge is 0.252 e. The standard InChI is InChI=1S/C22H17FN4OS/c1-24-22(28)17-6-4-7-18(23)21(17)29-15-9-10-16-19(26-27-20(16)13-15)11-8-14-5-2-3-12-25-14/h2-13H,1H3,(H,24,28)(H,26,27). The Labute approximate surface area is 171 Å². The number of hydrogen-bond donors (Lipinski definition) is 2. The second kappa shape index (κ2) is 8.28. The monoisotopic (exact) mass is 404 g/mol. The van der Waals surface area contributed by atoms with E-state index in [0.717, 1.165) is 27.2 Å². The molecule has 5 nitrogen and oxygen atoms in total. The van der Waals surface area contributed by atoms with Gasteiger partial charge in [0, 0.05) is 23.5 Å². The molecule has 4 rings (SSSR count). The summed E-state index contributed by atoms with van der Waals surface area (Å²) in [6.45, 7) is 0. The molecule has 2 aromatic heterocycles. The third-order valence-electron chi connectivity index (χ3n) is 4.32. The molecule has 0 bridgehead atoms. The Morgan fingerprint density at radius 1 is 1.14 bits per heavy atom. The summed E-state index contributed by atoms with van der Waals surface area (Å²) in [6.07, 6.45) is 5.53. The fraction of sp³-hybridized carbons (Fsp3) is 0.0455. The number of hydrogen-bond acceptors (Lipinski definition) is 4. The molecule has 0 aliphatic carbocycles. The summed E-state index contributed by atoms with van der Waals surface area (Å²) in [6, 6.07) is 15.9. The van der Waals surface area contributed by atoms with E-state index in [4.69, 9.17) is 0 Å². The maximum absolute atomic E-state index is 14.4. The second-order valence-electron chi connectivity index (χ2n) is 6.20. The van der Waals surface area contributed by atoms with Crippen LogP contribution in [-0.2, 0) is 0 Å². The molecule has 2 N–H and O–H groups in total. The van der Waals surface area contributed by atoms with E-state index in [-0.39, 0.29) is 5.91 Å². The van der Waals surface area contributed by atoms with Crippen molar-refractivity contribution in [3.8, 4) is 0 Å². The predicted octanol–water partition coefficient (Wildman–Crippen LogP) is 4.78. The van der Waals surface area contributed by atoms with Crippen LogP contribution in [-0.4, -0.2) is 28.1 Å². The van der Waals surface area contributed by atoms with Crippen LogP contribution in [0.3, 0.4) is 0 Å². The van der Waals surface area contributed by atoms with Gasteiger partial charge in [-0.2, -0.15) is 5.10 Å². The van der Waals surface area contributed by atoms with E-state index < -0.39 is 5.82 Å². The van der Waals surface area contributed by atoms with Crippen LogP contribution >= 0.6 is 11.8 Å². The summed E-state index contributed by atoms with van der Waals surface area (Å²) in [5, 5.41) is 10.8. The minimum absolute atomic E-state index is 0.293. The molecule has 0 unspecified atom stereocenters. The van der Waals surface area contributed by atoms with Crippen molar-refractivity contribution in [3.05, 3.63) is 83.6 Å². The van der Waals surface area contributed by atoms with E-state index in [1.165, 1.54) is 30.9 Å².